The zero-order valence-electron chi connectivity index (χ0n) is 10.1. The molecule has 0 bridgehead atoms. The summed E-state index contributed by atoms with van der Waals surface area (Å²) < 4.78 is 0. The Morgan fingerprint density at radius 2 is 1.50 bits per heavy atom. The summed E-state index contributed by atoms with van der Waals surface area (Å²) in [6.07, 6.45) is 2.30. The summed E-state index contributed by atoms with van der Waals surface area (Å²) in [5.74, 6) is -1.29. The molecule has 0 aromatic heterocycles. The average Bonchev–Trinajstić information content (AvgIpc) is 2.34. The summed E-state index contributed by atoms with van der Waals surface area (Å²) in [5, 5.41) is 13.9. The summed E-state index contributed by atoms with van der Waals surface area (Å²) in [6.45, 7) is 0.631. The monoisotopic (exact) mass is 257 g/mol. The third-order valence-electron chi connectivity index (χ3n) is 3.17. The number of hydrogen-bond donors (Lipinski definition) is 4. The molecule has 0 atom stereocenters. The van der Waals surface area contributed by atoms with Crippen molar-refractivity contribution in [3.63, 3.8) is 0 Å². The molecule has 1 aliphatic carbocycles. The van der Waals surface area contributed by atoms with Gasteiger partial charge in [-0.2, -0.15) is 0 Å². The van der Waals surface area contributed by atoms with Crippen LogP contribution < -0.4 is 16.4 Å². The largest absolute Gasteiger partial charge is 0.481 e. The number of urea groups is 1. The number of carboxylic acids is 1. The second-order valence-corrected chi connectivity index (χ2v) is 4.47. The maximum Gasteiger partial charge on any atom is 0.312 e. The number of nitrogens with two attached hydrogens (primary N) is 1. The van der Waals surface area contributed by atoms with Crippen molar-refractivity contribution in [3.05, 3.63) is 0 Å². The third kappa shape index (κ3) is 4.60. The highest BCUT2D eigenvalue weighted by Crippen LogP contribution is 2.28. The predicted octanol–water partition coefficient (Wildman–Crippen LogP) is -0.338. The summed E-state index contributed by atoms with van der Waals surface area (Å²) in [6, 6.07) is -0.619. The second kappa shape index (κ2) is 6.83. The van der Waals surface area contributed by atoms with Crippen molar-refractivity contribution in [2.24, 2.45) is 17.6 Å². The zero-order valence-corrected chi connectivity index (χ0v) is 10.1. The Morgan fingerprint density at radius 3 is 2.00 bits per heavy atom. The molecule has 18 heavy (non-hydrogen) atoms. The minimum absolute atomic E-state index is 0.0786. The van der Waals surface area contributed by atoms with Gasteiger partial charge in [0.25, 0.3) is 0 Å². The minimum atomic E-state index is -0.778. The van der Waals surface area contributed by atoms with E-state index in [9.17, 15) is 14.4 Å². The number of carboxylic acid groups (broad SMARTS) is 1. The van der Waals surface area contributed by atoms with Gasteiger partial charge in [0.2, 0.25) is 5.91 Å². The van der Waals surface area contributed by atoms with E-state index in [0.29, 0.717) is 38.8 Å². The Bertz CT molecular complexity index is 324. The first-order valence-corrected chi connectivity index (χ1v) is 6.04. The van der Waals surface area contributed by atoms with Gasteiger partial charge in [0.05, 0.1) is 5.92 Å². The summed E-state index contributed by atoms with van der Waals surface area (Å²) in [7, 11) is 0. The van der Waals surface area contributed by atoms with Gasteiger partial charge in [-0.3, -0.25) is 9.59 Å². The molecule has 0 aromatic carbocycles. The quantitative estimate of drug-likeness (QED) is 0.503. The van der Waals surface area contributed by atoms with Crippen LogP contribution in [-0.4, -0.2) is 36.1 Å². The van der Waals surface area contributed by atoms with E-state index >= 15 is 0 Å². The van der Waals surface area contributed by atoms with Crippen molar-refractivity contribution < 1.29 is 19.5 Å². The number of carbonyl (C=O) groups excluding carboxylic acids is 2. The maximum atomic E-state index is 11.7. The van der Waals surface area contributed by atoms with Crippen LogP contribution in [0.15, 0.2) is 0 Å². The topological polar surface area (TPSA) is 122 Å². The van der Waals surface area contributed by atoms with Crippen molar-refractivity contribution in [2.75, 3.05) is 13.1 Å². The van der Waals surface area contributed by atoms with Gasteiger partial charge < -0.3 is 21.5 Å². The zero-order chi connectivity index (χ0) is 13.5. The van der Waals surface area contributed by atoms with Crippen LogP contribution in [0.4, 0.5) is 4.79 Å². The van der Waals surface area contributed by atoms with E-state index in [4.69, 9.17) is 10.8 Å². The van der Waals surface area contributed by atoms with Gasteiger partial charge in [-0.25, -0.2) is 4.79 Å². The minimum Gasteiger partial charge on any atom is -0.481 e. The maximum absolute atomic E-state index is 11.7. The first-order chi connectivity index (χ1) is 8.50. The van der Waals surface area contributed by atoms with Crippen molar-refractivity contribution in [3.8, 4) is 0 Å². The van der Waals surface area contributed by atoms with E-state index in [2.05, 4.69) is 10.6 Å². The lowest BCUT2D eigenvalue weighted by Crippen LogP contribution is -2.40. The van der Waals surface area contributed by atoms with Gasteiger partial charge in [0.1, 0.15) is 0 Å². The van der Waals surface area contributed by atoms with E-state index in [0.717, 1.165) is 0 Å². The van der Waals surface area contributed by atoms with Crippen LogP contribution >= 0.6 is 0 Å². The van der Waals surface area contributed by atoms with Crippen LogP contribution in [-0.2, 0) is 9.59 Å². The molecule has 1 saturated carbocycles. The SMILES string of the molecule is NC(=O)NCCNC(=O)C1CCC(C(=O)O)CC1. The molecule has 0 aromatic rings. The first-order valence-electron chi connectivity index (χ1n) is 6.04. The molecular weight excluding hydrogens is 238 g/mol. The van der Waals surface area contributed by atoms with Crippen LogP contribution in [0.25, 0.3) is 0 Å². The van der Waals surface area contributed by atoms with E-state index in [1.54, 1.807) is 0 Å². The number of amides is 3. The fourth-order valence-electron chi connectivity index (χ4n) is 2.12. The number of rotatable bonds is 5. The summed E-state index contributed by atoms with van der Waals surface area (Å²) >= 11 is 0. The second-order valence-electron chi connectivity index (χ2n) is 4.47. The molecule has 0 saturated heterocycles. The van der Waals surface area contributed by atoms with Gasteiger partial charge in [-0.1, -0.05) is 0 Å². The molecule has 1 rings (SSSR count). The van der Waals surface area contributed by atoms with Crippen LogP contribution in [0.3, 0.4) is 0 Å². The number of primary amides is 1. The molecule has 1 aliphatic rings. The van der Waals surface area contributed by atoms with Gasteiger partial charge in [0.15, 0.2) is 0 Å². The van der Waals surface area contributed by atoms with Crippen LogP contribution in [0.2, 0.25) is 0 Å². The smallest absolute Gasteiger partial charge is 0.312 e. The lowest BCUT2D eigenvalue weighted by atomic mass is 9.81. The van der Waals surface area contributed by atoms with Gasteiger partial charge in [0, 0.05) is 19.0 Å². The van der Waals surface area contributed by atoms with Crippen LogP contribution in [0, 0.1) is 11.8 Å². The Morgan fingerprint density at radius 1 is 1.00 bits per heavy atom. The highest BCUT2D eigenvalue weighted by Gasteiger charge is 2.29. The predicted molar refractivity (Wildman–Crippen MR) is 63.7 cm³/mol. The van der Waals surface area contributed by atoms with Crippen molar-refractivity contribution >= 4 is 17.9 Å². The summed E-state index contributed by atoms with van der Waals surface area (Å²) in [5.41, 5.74) is 4.88. The van der Waals surface area contributed by atoms with E-state index in [1.807, 2.05) is 0 Å². The molecule has 7 heteroatoms. The molecule has 5 N–H and O–H groups in total. The number of hydrogen-bond acceptors (Lipinski definition) is 3. The molecule has 0 aliphatic heterocycles. The Labute approximate surface area is 105 Å². The standard InChI is InChI=1S/C11H19N3O4/c12-11(18)14-6-5-13-9(15)7-1-3-8(4-2-7)10(16)17/h7-8H,1-6H2,(H,13,15)(H,16,17)(H3,12,14,18). The lowest BCUT2D eigenvalue weighted by Gasteiger charge is -2.25. The van der Waals surface area contributed by atoms with Crippen molar-refractivity contribution in [1.82, 2.24) is 10.6 Å². The summed E-state index contributed by atoms with van der Waals surface area (Å²) in [4.78, 5) is 32.9. The lowest BCUT2D eigenvalue weighted by molar-refractivity contribution is -0.144. The fraction of sp³-hybridized carbons (Fsp3) is 0.727. The molecule has 0 heterocycles. The van der Waals surface area contributed by atoms with Gasteiger partial charge >= 0.3 is 12.0 Å². The van der Waals surface area contributed by atoms with E-state index in [1.165, 1.54) is 0 Å². The van der Waals surface area contributed by atoms with E-state index in [-0.39, 0.29) is 17.7 Å². The Hall–Kier alpha value is -1.79. The third-order valence-corrected chi connectivity index (χ3v) is 3.17. The molecule has 0 unspecified atom stereocenters. The highest BCUT2D eigenvalue weighted by atomic mass is 16.4. The van der Waals surface area contributed by atoms with Crippen molar-refractivity contribution in [1.29, 1.82) is 0 Å². The molecule has 7 nitrogen and oxygen atoms in total. The fourth-order valence-corrected chi connectivity index (χ4v) is 2.12. The molecule has 3 amide bonds. The molecule has 0 spiro atoms. The number of carbonyl (C=O) groups is 3. The van der Waals surface area contributed by atoms with Gasteiger partial charge in [-0.05, 0) is 25.7 Å². The normalized spacial score (nSPS) is 23.1. The Balaban J connectivity index is 2.20. The molecular formula is C11H19N3O4. The van der Waals surface area contributed by atoms with Crippen LogP contribution in [0.1, 0.15) is 25.7 Å². The van der Waals surface area contributed by atoms with E-state index < -0.39 is 12.0 Å². The molecule has 0 radical (unpaired) electrons. The number of aliphatic carboxylic acids is 1. The Kier molecular flexibility index (Phi) is 5.41. The highest BCUT2D eigenvalue weighted by molar-refractivity contribution is 5.79. The molecule has 102 valence electrons. The van der Waals surface area contributed by atoms with Crippen LogP contribution in [0.5, 0.6) is 0 Å². The van der Waals surface area contributed by atoms with Gasteiger partial charge in [-0.15, -0.1) is 0 Å². The first kappa shape index (κ1) is 14.3. The van der Waals surface area contributed by atoms with Crippen molar-refractivity contribution in [2.45, 2.75) is 25.7 Å². The average molecular weight is 257 g/mol. The molecule has 1 fully saturated rings. The number of nitrogens with one attached hydrogen (secondary N) is 2.